The zero-order valence-electron chi connectivity index (χ0n) is 24.1. The number of alkyl halides is 3. The van der Waals surface area contributed by atoms with Gasteiger partial charge in [0.1, 0.15) is 12.6 Å². The SMILES string of the molecule is CNC(=O)[C@@H](Cc1ccccc1)N(Cc1ccc(Cl)cc1Cl)C(=O)CN(c1cc(C(F)(F)F)ccc1Cl)S(=O)(=O)c1ccccc1. The molecule has 0 saturated heterocycles. The molecule has 0 bridgehead atoms. The molecule has 0 aromatic heterocycles. The van der Waals surface area contributed by atoms with Crippen molar-refractivity contribution in [2.45, 2.75) is 30.1 Å². The van der Waals surface area contributed by atoms with Crippen LogP contribution in [0.1, 0.15) is 16.7 Å². The van der Waals surface area contributed by atoms with Crippen LogP contribution in [0.25, 0.3) is 0 Å². The topological polar surface area (TPSA) is 86.8 Å². The molecular weight excluding hydrogens is 686 g/mol. The van der Waals surface area contributed by atoms with Crippen LogP contribution < -0.4 is 9.62 Å². The number of benzene rings is 4. The number of hydrogen-bond acceptors (Lipinski definition) is 4. The lowest BCUT2D eigenvalue weighted by molar-refractivity contribution is -0.139. The summed E-state index contributed by atoms with van der Waals surface area (Å²) in [5.74, 6) is -1.49. The van der Waals surface area contributed by atoms with Gasteiger partial charge in [-0.15, -0.1) is 0 Å². The molecule has 4 rings (SSSR count). The van der Waals surface area contributed by atoms with Crippen LogP contribution in [0.5, 0.6) is 0 Å². The number of nitrogens with one attached hydrogen (secondary N) is 1. The van der Waals surface area contributed by atoms with E-state index in [1.54, 1.807) is 42.5 Å². The van der Waals surface area contributed by atoms with Gasteiger partial charge in [-0.05, 0) is 53.6 Å². The van der Waals surface area contributed by atoms with Gasteiger partial charge in [0.25, 0.3) is 10.0 Å². The summed E-state index contributed by atoms with van der Waals surface area (Å²) in [7, 11) is -3.29. The molecule has 242 valence electrons. The predicted octanol–water partition coefficient (Wildman–Crippen LogP) is 7.25. The van der Waals surface area contributed by atoms with Gasteiger partial charge in [0, 0.05) is 30.1 Å². The molecule has 14 heteroatoms. The Balaban J connectivity index is 1.87. The first-order chi connectivity index (χ1) is 21.7. The minimum atomic E-state index is -4.84. The van der Waals surface area contributed by atoms with Crippen LogP contribution in [0.15, 0.2) is 102 Å². The van der Waals surface area contributed by atoms with Crippen molar-refractivity contribution in [1.29, 1.82) is 0 Å². The summed E-state index contributed by atoms with van der Waals surface area (Å²) in [4.78, 5) is 28.5. The van der Waals surface area contributed by atoms with Gasteiger partial charge in [-0.25, -0.2) is 8.42 Å². The smallest absolute Gasteiger partial charge is 0.357 e. The highest BCUT2D eigenvalue weighted by Crippen LogP contribution is 2.37. The highest BCUT2D eigenvalue weighted by Gasteiger charge is 2.37. The molecule has 4 aromatic rings. The van der Waals surface area contributed by atoms with Crippen molar-refractivity contribution in [1.82, 2.24) is 10.2 Å². The van der Waals surface area contributed by atoms with E-state index < -0.39 is 51.9 Å². The largest absolute Gasteiger partial charge is 0.416 e. The summed E-state index contributed by atoms with van der Waals surface area (Å²) >= 11 is 18.8. The van der Waals surface area contributed by atoms with E-state index in [9.17, 15) is 31.2 Å². The monoisotopic (exact) mass is 711 g/mol. The average Bonchev–Trinajstić information content (AvgIpc) is 3.02. The van der Waals surface area contributed by atoms with Crippen molar-refractivity contribution < 1.29 is 31.2 Å². The van der Waals surface area contributed by atoms with Gasteiger partial charge in [0.2, 0.25) is 11.8 Å². The molecule has 0 aliphatic rings. The van der Waals surface area contributed by atoms with Crippen molar-refractivity contribution in [2.24, 2.45) is 0 Å². The van der Waals surface area contributed by atoms with Crippen LogP contribution in [0.2, 0.25) is 15.1 Å². The van der Waals surface area contributed by atoms with E-state index in [0.29, 0.717) is 32.6 Å². The highest BCUT2D eigenvalue weighted by atomic mass is 35.5. The summed E-state index contributed by atoms with van der Waals surface area (Å²) in [6, 6.07) is 21.2. The summed E-state index contributed by atoms with van der Waals surface area (Å²) in [5.41, 5.74) is -0.677. The fourth-order valence-electron chi connectivity index (χ4n) is 4.67. The third-order valence-electron chi connectivity index (χ3n) is 7.03. The van der Waals surface area contributed by atoms with Gasteiger partial charge >= 0.3 is 6.18 Å². The minimum Gasteiger partial charge on any atom is -0.357 e. The second-order valence-corrected chi connectivity index (χ2v) is 13.2. The molecule has 0 radical (unpaired) electrons. The molecule has 0 aliphatic heterocycles. The molecule has 46 heavy (non-hydrogen) atoms. The fourth-order valence-corrected chi connectivity index (χ4v) is 6.85. The Morgan fingerprint density at radius 2 is 1.48 bits per heavy atom. The van der Waals surface area contributed by atoms with Gasteiger partial charge in [0.05, 0.1) is 21.2 Å². The first-order valence-electron chi connectivity index (χ1n) is 13.7. The molecule has 2 amide bonds. The minimum absolute atomic E-state index is 0.0210. The Labute approximate surface area is 279 Å². The molecule has 0 unspecified atom stereocenters. The average molecular weight is 713 g/mol. The summed E-state index contributed by atoms with van der Waals surface area (Å²) in [6.07, 6.45) is -4.82. The number of likely N-dealkylation sites (N-methyl/N-ethyl adjacent to an activating group) is 1. The number of hydrogen-bond donors (Lipinski definition) is 1. The van der Waals surface area contributed by atoms with Crippen LogP contribution in [-0.2, 0) is 38.8 Å². The third kappa shape index (κ3) is 8.33. The number of anilines is 1. The van der Waals surface area contributed by atoms with Crippen LogP contribution in [0, 0.1) is 0 Å². The van der Waals surface area contributed by atoms with Gasteiger partial charge in [-0.2, -0.15) is 13.2 Å². The van der Waals surface area contributed by atoms with E-state index in [1.807, 2.05) is 0 Å². The van der Waals surface area contributed by atoms with Crippen LogP contribution in [0.3, 0.4) is 0 Å². The molecule has 7 nitrogen and oxygen atoms in total. The summed E-state index contributed by atoms with van der Waals surface area (Å²) < 4.78 is 69.8. The van der Waals surface area contributed by atoms with Crippen molar-refractivity contribution in [2.75, 3.05) is 17.9 Å². The molecule has 4 aromatic carbocycles. The molecule has 0 heterocycles. The second-order valence-electron chi connectivity index (χ2n) is 10.1. The standard InChI is InChI=1S/C32H27Cl3F3N3O4S/c1-39-31(43)29(16-21-8-4-2-5-9-21)40(19-22-12-14-24(33)18-27(22)35)30(42)20-41(46(44,45)25-10-6-3-7-11-25)28-17-23(32(36,37)38)13-15-26(28)34/h2-15,17-18,29H,16,19-20H2,1H3,(H,39,43)/t29-/m1/s1. The maximum atomic E-state index is 14.3. The van der Waals surface area contributed by atoms with E-state index in [-0.39, 0.29) is 27.9 Å². The third-order valence-corrected chi connectivity index (χ3v) is 9.71. The van der Waals surface area contributed by atoms with Gasteiger partial charge in [-0.3, -0.25) is 13.9 Å². The molecule has 1 atom stereocenters. The lowest BCUT2D eigenvalue weighted by atomic mass is 10.0. The van der Waals surface area contributed by atoms with Crippen molar-refractivity contribution >= 4 is 62.3 Å². The number of carbonyl (C=O) groups is 2. The van der Waals surface area contributed by atoms with Crippen LogP contribution in [0.4, 0.5) is 18.9 Å². The summed E-state index contributed by atoms with van der Waals surface area (Å²) in [5, 5.41) is 2.69. The van der Waals surface area contributed by atoms with Crippen molar-refractivity contribution in [3.63, 3.8) is 0 Å². The Morgan fingerprint density at radius 1 is 0.848 bits per heavy atom. The Bertz CT molecular complexity index is 1810. The van der Waals surface area contributed by atoms with E-state index in [2.05, 4.69) is 5.32 Å². The highest BCUT2D eigenvalue weighted by molar-refractivity contribution is 7.92. The Morgan fingerprint density at radius 3 is 2.07 bits per heavy atom. The van der Waals surface area contributed by atoms with Gasteiger partial charge in [0.15, 0.2) is 0 Å². The number of nitrogens with zero attached hydrogens (tertiary/aromatic N) is 2. The Hall–Kier alpha value is -3.77. The molecule has 0 aliphatic carbocycles. The number of amides is 2. The van der Waals surface area contributed by atoms with Gasteiger partial charge < -0.3 is 10.2 Å². The van der Waals surface area contributed by atoms with Crippen LogP contribution >= 0.6 is 34.8 Å². The quantitative estimate of drug-likeness (QED) is 0.178. The number of halogens is 6. The van der Waals surface area contributed by atoms with Crippen LogP contribution in [-0.4, -0.2) is 44.8 Å². The lowest BCUT2D eigenvalue weighted by Gasteiger charge is -2.34. The van der Waals surface area contributed by atoms with E-state index in [1.165, 1.54) is 43.4 Å². The Kier molecular flexibility index (Phi) is 11.3. The van der Waals surface area contributed by atoms with Crippen molar-refractivity contribution in [3.05, 3.63) is 129 Å². The van der Waals surface area contributed by atoms with Gasteiger partial charge in [-0.1, -0.05) is 89.4 Å². The van der Waals surface area contributed by atoms with E-state index in [4.69, 9.17) is 34.8 Å². The molecule has 0 saturated carbocycles. The number of carbonyl (C=O) groups excluding carboxylic acids is 2. The van der Waals surface area contributed by atoms with E-state index in [0.717, 1.165) is 11.0 Å². The normalized spacial score (nSPS) is 12.3. The molecule has 1 N–H and O–H groups in total. The van der Waals surface area contributed by atoms with Crippen molar-refractivity contribution in [3.8, 4) is 0 Å². The molecular formula is C32H27Cl3F3N3O4S. The zero-order chi connectivity index (χ0) is 33.6. The number of rotatable bonds is 11. The molecule has 0 spiro atoms. The number of sulfonamides is 1. The first-order valence-corrected chi connectivity index (χ1v) is 16.2. The predicted molar refractivity (Wildman–Crippen MR) is 172 cm³/mol. The first kappa shape index (κ1) is 35.1. The van der Waals surface area contributed by atoms with E-state index >= 15 is 0 Å². The maximum absolute atomic E-state index is 14.3. The maximum Gasteiger partial charge on any atom is 0.416 e. The lowest BCUT2D eigenvalue weighted by Crippen LogP contribution is -2.53. The zero-order valence-corrected chi connectivity index (χ0v) is 27.2. The molecule has 0 fully saturated rings. The summed E-state index contributed by atoms with van der Waals surface area (Å²) in [6.45, 7) is -1.28. The fraction of sp³-hybridized carbons (Fsp3) is 0.188. The second kappa shape index (κ2) is 14.8.